The average Bonchev–Trinajstić information content (AvgIpc) is 2.73. The predicted octanol–water partition coefficient (Wildman–Crippen LogP) is 5.03. The van der Waals surface area contributed by atoms with Crippen LogP contribution in [0, 0.1) is 0 Å². The van der Waals surface area contributed by atoms with Gasteiger partial charge in [0.25, 0.3) is 0 Å². The van der Waals surface area contributed by atoms with Gasteiger partial charge in [-0.2, -0.15) is 0 Å². The second kappa shape index (κ2) is 9.33. The predicted molar refractivity (Wildman–Crippen MR) is 109 cm³/mol. The molecule has 28 heavy (non-hydrogen) atoms. The fraction of sp³-hybridized carbons (Fsp3) is 0.0833. The van der Waals surface area contributed by atoms with Crippen LogP contribution in [0.5, 0.6) is 0 Å². The monoisotopic (exact) mass is 371 g/mol. The number of nitrogens with zero attached hydrogens (tertiary/aromatic N) is 1. The smallest absolute Gasteiger partial charge is 0.329 e. The number of ketones is 1. The molecule has 0 heterocycles. The fourth-order valence-corrected chi connectivity index (χ4v) is 2.75. The van der Waals surface area contributed by atoms with E-state index in [9.17, 15) is 9.59 Å². The van der Waals surface area contributed by atoms with E-state index in [4.69, 9.17) is 4.84 Å². The zero-order valence-corrected chi connectivity index (χ0v) is 15.6. The summed E-state index contributed by atoms with van der Waals surface area (Å²) in [7, 11) is 0. The maximum atomic E-state index is 12.5. The van der Waals surface area contributed by atoms with Gasteiger partial charge >= 0.3 is 5.97 Å². The van der Waals surface area contributed by atoms with Crippen LogP contribution in [0.1, 0.15) is 22.8 Å². The van der Waals surface area contributed by atoms with Crippen molar-refractivity contribution in [2.45, 2.75) is 13.5 Å². The zero-order valence-electron chi connectivity index (χ0n) is 15.6. The van der Waals surface area contributed by atoms with Gasteiger partial charge in [0.15, 0.2) is 5.78 Å². The summed E-state index contributed by atoms with van der Waals surface area (Å²) >= 11 is 0. The maximum Gasteiger partial charge on any atom is 0.329 e. The minimum Gasteiger partial charge on any atom is -0.341 e. The lowest BCUT2D eigenvalue weighted by atomic mass is 10.0. The molecule has 0 aliphatic rings. The van der Waals surface area contributed by atoms with E-state index in [0.29, 0.717) is 12.1 Å². The first-order valence-electron chi connectivity index (χ1n) is 8.99. The van der Waals surface area contributed by atoms with Gasteiger partial charge in [-0.1, -0.05) is 84.9 Å². The Hall–Kier alpha value is -3.66. The van der Waals surface area contributed by atoms with Gasteiger partial charge in [0.05, 0.1) is 6.54 Å². The van der Waals surface area contributed by atoms with E-state index in [1.54, 1.807) is 12.1 Å². The van der Waals surface area contributed by atoms with Crippen molar-refractivity contribution in [3.05, 3.63) is 108 Å². The molecule has 0 aromatic heterocycles. The molecule has 0 spiro atoms. The Labute approximate surface area is 164 Å². The number of allylic oxidation sites excluding steroid dienone is 1. The Bertz CT molecular complexity index is 948. The lowest BCUT2D eigenvalue weighted by Gasteiger charge is -2.18. The van der Waals surface area contributed by atoms with Gasteiger partial charge < -0.3 is 4.84 Å². The second-order valence-electron chi connectivity index (χ2n) is 6.27. The topological polar surface area (TPSA) is 46.6 Å². The van der Waals surface area contributed by atoms with Crippen molar-refractivity contribution in [3.63, 3.8) is 0 Å². The quantitative estimate of drug-likeness (QED) is 0.332. The van der Waals surface area contributed by atoms with E-state index in [0.717, 1.165) is 16.7 Å². The van der Waals surface area contributed by atoms with Gasteiger partial charge in [-0.05, 0) is 16.7 Å². The van der Waals surface area contributed by atoms with Crippen molar-refractivity contribution in [2.75, 3.05) is 0 Å². The molecular formula is C24H21NO3. The zero-order chi connectivity index (χ0) is 19.8. The molecule has 0 unspecified atom stereocenters. The largest absolute Gasteiger partial charge is 0.341 e. The number of carbonyl (C=O) groups is 2. The summed E-state index contributed by atoms with van der Waals surface area (Å²) in [6.45, 7) is 1.69. The van der Waals surface area contributed by atoms with Gasteiger partial charge in [0.2, 0.25) is 0 Å². The Balaban J connectivity index is 1.70. The molecule has 140 valence electrons. The highest BCUT2D eigenvalue weighted by Crippen LogP contribution is 2.19. The third-order valence-corrected chi connectivity index (χ3v) is 4.10. The minimum atomic E-state index is -0.444. The van der Waals surface area contributed by atoms with Gasteiger partial charge in [-0.3, -0.25) is 9.59 Å². The molecule has 3 aromatic carbocycles. The number of hydrogen-bond donors (Lipinski definition) is 0. The third kappa shape index (κ3) is 5.42. The molecule has 0 radical (unpaired) electrons. The van der Waals surface area contributed by atoms with Crippen LogP contribution >= 0.6 is 0 Å². The van der Waals surface area contributed by atoms with Gasteiger partial charge in [-0.15, -0.1) is 0 Å². The molecular weight excluding hydrogens is 350 g/mol. The Morgan fingerprint density at radius 1 is 0.821 bits per heavy atom. The molecule has 0 saturated carbocycles. The SMILES string of the molecule is CC(=O)ON(/C=C\C(=O)c1ccc(-c2ccccc2)cc1)Cc1ccccc1. The van der Waals surface area contributed by atoms with Crippen molar-refractivity contribution in [1.29, 1.82) is 0 Å². The van der Waals surface area contributed by atoms with Crippen molar-refractivity contribution < 1.29 is 14.4 Å². The molecule has 4 heteroatoms. The molecule has 0 bridgehead atoms. The fourth-order valence-electron chi connectivity index (χ4n) is 2.75. The van der Waals surface area contributed by atoms with Crippen LogP contribution in [0.15, 0.2) is 97.2 Å². The number of benzene rings is 3. The van der Waals surface area contributed by atoms with Crippen molar-refractivity contribution in [1.82, 2.24) is 5.06 Å². The highest BCUT2D eigenvalue weighted by molar-refractivity contribution is 6.04. The van der Waals surface area contributed by atoms with Crippen molar-refractivity contribution in [2.24, 2.45) is 0 Å². The molecule has 4 nitrogen and oxygen atoms in total. The van der Waals surface area contributed by atoms with Crippen LogP contribution in [-0.4, -0.2) is 16.8 Å². The highest BCUT2D eigenvalue weighted by Gasteiger charge is 2.08. The molecule has 0 fully saturated rings. The number of hydroxylamine groups is 2. The van der Waals surface area contributed by atoms with E-state index in [1.807, 2.05) is 72.8 Å². The van der Waals surface area contributed by atoms with Crippen molar-refractivity contribution >= 4 is 11.8 Å². The second-order valence-corrected chi connectivity index (χ2v) is 6.27. The normalized spacial score (nSPS) is 10.6. The molecule has 0 aliphatic heterocycles. The molecule has 0 amide bonds. The first kappa shape index (κ1) is 19.1. The van der Waals surface area contributed by atoms with Gasteiger partial charge in [-0.25, -0.2) is 5.06 Å². The van der Waals surface area contributed by atoms with Gasteiger partial charge in [0.1, 0.15) is 0 Å². The first-order valence-corrected chi connectivity index (χ1v) is 8.99. The lowest BCUT2D eigenvalue weighted by molar-refractivity contribution is -0.177. The van der Waals surface area contributed by atoms with E-state index in [-0.39, 0.29) is 5.78 Å². The summed E-state index contributed by atoms with van der Waals surface area (Å²) < 4.78 is 0. The number of rotatable bonds is 7. The Morgan fingerprint density at radius 3 is 2.00 bits per heavy atom. The van der Waals surface area contributed by atoms with Crippen LogP contribution in [0.4, 0.5) is 0 Å². The van der Waals surface area contributed by atoms with Crippen molar-refractivity contribution in [3.8, 4) is 11.1 Å². The standard InChI is InChI=1S/C24H21NO3/c1-19(26)28-25(18-20-8-4-2-5-9-20)17-16-24(27)23-14-12-22(13-15-23)21-10-6-3-7-11-21/h2-17H,18H2,1H3/b17-16-. The van der Waals surface area contributed by atoms with Crippen LogP contribution in [0.2, 0.25) is 0 Å². The maximum absolute atomic E-state index is 12.5. The molecule has 0 atom stereocenters. The molecule has 0 saturated heterocycles. The van der Waals surface area contributed by atoms with Crippen LogP contribution in [0.25, 0.3) is 11.1 Å². The minimum absolute atomic E-state index is 0.162. The van der Waals surface area contributed by atoms with E-state index in [1.165, 1.54) is 24.3 Å². The molecule has 3 aromatic rings. The molecule has 3 rings (SSSR count). The van der Waals surface area contributed by atoms with E-state index >= 15 is 0 Å². The summed E-state index contributed by atoms with van der Waals surface area (Å²) in [6.07, 6.45) is 2.89. The van der Waals surface area contributed by atoms with E-state index < -0.39 is 5.97 Å². The third-order valence-electron chi connectivity index (χ3n) is 4.10. The molecule has 0 N–H and O–H groups in total. The van der Waals surface area contributed by atoms with Gasteiger partial charge in [0, 0.05) is 24.8 Å². The highest BCUT2D eigenvalue weighted by atomic mass is 16.7. The Kier molecular flexibility index (Phi) is 6.37. The summed E-state index contributed by atoms with van der Waals surface area (Å²) in [4.78, 5) is 29.0. The van der Waals surface area contributed by atoms with Crippen LogP contribution < -0.4 is 0 Å². The summed E-state index contributed by atoms with van der Waals surface area (Å²) in [6, 6.07) is 27.0. The lowest BCUT2D eigenvalue weighted by Crippen LogP contribution is -2.20. The first-order chi connectivity index (χ1) is 13.6. The molecule has 0 aliphatic carbocycles. The van der Waals surface area contributed by atoms with E-state index in [2.05, 4.69) is 0 Å². The summed E-state index contributed by atoms with van der Waals surface area (Å²) in [5.74, 6) is -0.606. The summed E-state index contributed by atoms with van der Waals surface area (Å²) in [5, 5.41) is 1.36. The van der Waals surface area contributed by atoms with Crippen LogP contribution in [-0.2, 0) is 16.2 Å². The number of carbonyl (C=O) groups excluding carboxylic acids is 2. The Morgan fingerprint density at radius 2 is 1.39 bits per heavy atom. The van der Waals surface area contributed by atoms with Crippen LogP contribution in [0.3, 0.4) is 0 Å². The summed E-state index contributed by atoms with van der Waals surface area (Å²) in [5.41, 5.74) is 3.68. The average molecular weight is 371 g/mol. The number of hydrogen-bond acceptors (Lipinski definition) is 4.